The van der Waals surface area contributed by atoms with Crippen LogP contribution in [0.25, 0.3) is 0 Å². The lowest BCUT2D eigenvalue weighted by atomic mass is 9.32. The van der Waals surface area contributed by atoms with E-state index in [2.05, 4.69) is 63.4 Å². The number of nitrogens with zero attached hydrogens (tertiary/aromatic N) is 4. The van der Waals surface area contributed by atoms with Crippen LogP contribution in [-0.2, 0) is 20.8 Å². The maximum atomic E-state index is 13.3. The first-order valence-electron chi connectivity index (χ1n) is 21.5. The SMILES string of the molecule is C=C(C)[C@@H]1CC[C@]2(CO)CC[C@]3(C)[C@H](CC[C@@H]4[C@@]5(C)CC[C@H](OC(=O)OCc6cn([C@@H]7C[C@@H](n8c(C)cc(=O)[nH]c8=O)O[C@H]7CO)nn6)C(C)(C)[C@@H]5CC[C@]43C)[C@@H]12. The van der Waals surface area contributed by atoms with Crippen LogP contribution >= 0.6 is 0 Å². The highest BCUT2D eigenvalue weighted by molar-refractivity contribution is 5.60. The zero-order chi connectivity index (χ0) is 40.9. The van der Waals surface area contributed by atoms with Crippen LogP contribution in [0.1, 0.15) is 136 Å². The van der Waals surface area contributed by atoms with Gasteiger partial charge in [-0.15, -0.1) is 5.10 Å². The van der Waals surface area contributed by atoms with Gasteiger partial charge in [-0.05, 0) is 129 Å². The van der Waals surface area contributed by atoms with Crippen LogP contribution in [-0.4, -0.2) is 66.3 Å². The van der Waals surface area contributed by atoms with E-state index >= 15 is 0 Å². The number of allylic oxidation sites excluding steroid dienone is 1. The molecule has 6 fully saturated rings. The summed E-state index contributed by atoms with van der Waals surface area (Å²) in [6, 6.07) is 0.884. The molecule has 13 heteroatoms. The number of aromatic amines is 1. The van der Waals surface area contributed by atoms with Gasteiger partial charge in [-0.1, -0.05) is 52.0 Å². The minimum absolute atomic E-state index is 0.0489. The van der Waals surface area contributed by atoms with Gasteiger partial charge >= 0.3 is 11.8 Å². The minimum Gasteiger partial charge on any atom is -0.430 e. The minimum atomic E-state index is -0.719. The molecule has 1 aliphatic heterocycles. The summed E-state index contributed by atoms with van der Waals surface area (Å²) in [7, 11) is 0. The van der Waals surface area contributed by atoms with Crippen molar-refractivity contribution in [3.8, 4) is 0 Å². The molecule has 0 aromatic carbocycles. The molecule has 0 unspecified atom stereocenters. The fourth-order valence-corrected chi connectivity index (χ4v) is 14.9. The lowest BCUT2D eigenvalue weighted by molar-refractivity contribution is -0.250. The number of ether oxygens (including phenoxy) is 3. The van der Waals surface area contributed by atoms with Crippen molar-refractivity contribution < 1.29 is 29.2 Å². The number of rotatable bonds is 8. The maximum Gasteiger partial charge on any atom is 0.508 e. The number of aryl methyl sites for hydroxylation is 1. The number of fused-ring (bicyclic) bond motifs is 7. The number of nitrogens with one attached hydrogen (secondary N) is 1. The maximum absolute atomic E-state index is 13.3. The highest BCUT2D eigenvalue weighted by atomic mass is 16.7. The first-order chi connectivity index (χ1) is 26.9. The van der Waals surface area contributed by atoms with E-state index in [9.17, 15) is 24.6 Å². The molecule has 0 bridgehead atoms. The van der Waals surface area contributed by atoms with Crippen molar-refractivity contribution in [2.75, 3.05) is 13.2 Å². The van der Waals surface area contributed by atoms with Crippen LogP contribution in [0.15, 0.2) is 34.0 Å². The van der Waals surface area contributed by atoms with Crippen LogP contribution in [0.4, 0.5) is 4.79 Å². The summed E-state index contributed by atoms with van der Waals surface area (Å²) in [6.45, 7) is 20.6. The lowest BCUT2D eigenvalue weighted by Crippen LogP contribution is -2.67. The smallest absolute Gasteiger partial charge is 0.430 e. The zero-order valence-electron chi connectivity index (χ0n) is 35.1. The van der Waals surface area contributed by atoms with Gasteiger partial charge in [0, 0.05) is 30.2 Å². The number of aromatic nitrogens is 5. The first kappa shape index (κ1) is 40.5. The zero-order valence-corrected chi connectivity index (χ0v) is 35.1. The summed E-state index contributed by atoms with van der Waals surface area (Å²) in [5, 5.41) is 29.4. The largest absolute Gasteiger partial charge is 0.508 e. The van der Waals surface area contributed by atoms with E-state index in [-0.39, 0.29) is 46.4 Å². The Labute approximate surface area is 335 Å². The van der Waals surface area contributed by atoms with E-state index in [1.165, 1.54) is 41.9 Å². The molecule has 13 nitrogen and oxygen atoms in total. The van der Waals surface area contributed by atoms with Crippen molar-refractivity contribution in [1.29, 1.82) is 0 Å². The molecule has 2 aromatic rings. The van der Waals surface area contributed by atoms with Crippen molar-refractivity contribution in [2.24, 2.45) is 56.7 Å². The Bertz CT molecular complexity index is 2010. The summed E-state index contributed by atoms with van der Waals surface area (Å²) in [4.78, 5) is 39.9. The Hall–Kier alpha value is -3.29. The van der Waals surface area contributed by atoms with Crippen LogP contribution in [0.2, 0.25) is 0 Å². The van der Waals surface area contributed by atoms with E-state index in [1.54, 1.807) is 17.8 Å². The highest BCUT2D eigenvalue weighted by Crippen LogP contribution is 2.77. The van der Waals surface area contributed by atoms with Gasteiger partial charge in [0.2, 0.25) is 0 Å². The van der Waals surface area contributed by atoms with Crippen molar-refractivity contribution in [2.45, 2.75) is 150 Å². The Morgan fingerprint density at radius 2 is 1.77 bits per heavy atom. The Morgan fingerprint density at radius 3 is 2.47 bits per heavy atom. The standard InChI is InChI=1S/C44H65N5O8/c1-25(2)28-11-16-44(24-51)18-17-42(7)29(37(28)44)9-10-33-41(6)14-13-34(40(4,5)32(41)12-15-43(33,42)8)57-39(54)55-23-27-21-48(47-46-27)30-20-36(56-31(30)22-50)49-26(3)19-35(52)45-38(49)53/h19,21,28-34,36-37,50-51H,1,9-18,20,22-24H2,2-8H3,(H,45,52,53)/t28-,29+,30+,31-,32-,33+,34-,36-,37+,41-,42+,43+,44+/m0/s1. The second-order valence-corrected chi connectivity index (χ2v) is 20.5. The highest BCUT2D eigenvalue weighted by Gasteiger charge is 2.71. The number of hydrogen-bond donors (Lipinski definition) is 3. The van der Waals surface area contributed by atoms with Crippen LogP contribution in [0, 0.1) is 63.6 Å². The summed E-state index contributed by atoms with van der Waals surface area (Å²) in [5.74, 6) is 2.61. The van der Waals surface area contributed by atoms with Crippen molar-refractivity contribution in [1.82, 2.24) is 24.5 Å². The number of aliphatic hydroxyl groups is 2. The fraction of sp³-hybridized carbons (Fsp3) is 0.795. The quantitative estimate of drug-likeness (QED) is 0.195. The third-order valence-corrected chi connectivity index (χ3v) is 17.8. The molecule has 3 heterocycles. The topological polar surface area (TPSA) is 171 Å². The van der Waals surface area contributed by atoms with Gasteiger partial charge in [0.15, 0.2) is 0 Å². The van der Waals surface area contributed by atoms with Crippen LogP contribution < -0.4 is 11.2 Å². The molecule has 6 aliphatic rings. The molecule has 314 valence electrons. The van der Waals surface area contributed by atoms with Crippen LogP contribution in [0.5, 0.6) is 0 Å². The van der Waals surface area contributed by atoms with Gasteiger partial charge in [-0.25, -0.2) is 14.3 Å². The molecule has 5 saturated carbocycles. The summed E-state index contributed by atoms with van der Waals surface area (Å²) in [6.07, 6.45) is 10.7. The molecule has 13 atom stereocenters. The fourth-order valence-electron chi connectivity index (χ4n) is 14.9. The van der Waals surface area contributed by atoms with E-state index in [0.717, 1.165) is 38.5 Å². The number of hydrogen-bond acceptors (Lipinski definition) is 10. The molecular formula is C44H65N5O8. The molecule has 3 N–H and O–H groups in total. The molecule has 57 heavy (non-hydrogen) atoms. The number of carbonyl (C=O) groups is 1. The number of aliphatic hydroxyl groups excluding tert-OH is 2. The van der Waals surface area contributed by atoms with Crippen LogP contribution in [0.3, 0.4) is 0 Å². The first-order valence-corrected chi connectivity index (χ1v) is 21.5. The second kappa shape index (κ2) is 14.2. The summed E-state index contributed by atoms with van der Waals surface area (Å²) < 4.78 is 20.7. The Balaban J connectivity index is 0.916. The Morgan fingerprint density at radius 1 is 1.00 bits per heavy atom. The average Bonchev–Trinajstić information content (AvgIpc) is 3.89. The predicted molar refractivity (Wildman–Crippen MR) is 212 cm³/mol. The molecule has 0 amide bonds. The Kier molecular flexibility index (Phi) is 10.1. The molecular weight excluding hydrogens is 727 g/mol. The van der Waals surface area contributed by atoms with E-state index in [0.29, 0.717) is 54.0 Å². The summed E-state index contributed by atoms with van der Waals surface area (Å²) in [5.41, 5.74) is 1.44. The molecule has 0 spiro atoms. The predicted octanol–water partition coefficient (Wildman–Crippen LogP) is 6.63. The molecule has 0 radical (unpaired) electrons. The van der Waals surface area contributed by atoms with Gasteiger partial charge in [-0.2, -0.15) is 0 Å². The molecule has 1 saturated heterocycles. The normalized spacial score (nSPS) is 42.0. The lowest BCUT2D eigenvalue weighted by Gasteiger charge is -2.73. The molecule has 8 rings (SSSR count). The molecule has 5 aliphatic carbocycles. The number of carbonyl (C=O) groups excluding carboxylic acids is 1. The van der Waals surface area contributed by atoms with Crippen molar-refractivity contribution in [3.05, 3.63) is 56.6 Å². The van der Waals surface area contributed by atoms with E-state index in [4.69, 9.17) is 14.2 Å². The third kappa shape index (κ3) is 6.13. The van der Waals surface area contributed by atoms with Gasteiger partial charge < -0.3 is 24.4 Å². The monoisotopic (exact) mass is 791 g/mol. The number of H-pyrrole nitrogens is 1. The van der Waals surface area contributed by atoms with E-state index < -0.39 is 35.8 Å². The van der Waals surface area contributed by atoms with Crippen molar-refractivity contribution >= 4 is 6.16 Å². The van der Waals surface area contributed by atoms with Gasteiger partial charge in [-0.3, -0.25) is 14.3 Å². The van der Waals surface area contributed by atoms with Gasteiger partial charge in [0.05, 0.1) is 18.8 Å². The third-order valence-electron chi connectivity index (χ3n) is 17.8. The summed E-state index contributed by atoms with van der Waals surface area (Å²) >= 11 is 0. The second-order valence-electron chi connectivity index (χ2n) is 20.5. The van der Waals surface area contributed by atoms with Crippen molar-refractivity contribution in [3.63, 3.8) is 0 Å². The van der Waals surface area contributed by atoms with Gasteiger partial charge in [0.1, 0.15) is 30.7 Å². The average molecular weight is 792 g/mol. The van der Waals surface area contributed by atoms with Gasteiger partial charge in [0.25, 0.3) is 5.56 Å². The van der Waals surface area contributed by atoms with E-state index in [1.807, 2.05) is 0 Å². The molecule has 2 aromatic heterocycles.